The minimum Gasteiger partial charge on any atom is -0.495 e. The lowest BCUT2D eigenvalue weighted by Crippen LogP contribution is -2.24. The quantitative estimate of drug-likeness (QED) is 0.499. The Morgan fingerprint density at radius 2 is 1.93 bits per heavy atom. The van der Waals surface area contributed by atoms with Crippen LogP contribution in [0.25, 0.3) is 11.4 Å². The Bertz CT molecular complexity index is 962. The number of methoxy groups -OCH3 is 1. The third kappa shape index (κ3) is 4.03. The normalized spacial score (nSPS) is 11.8. The minimum atomic E-state index is -0.519. The summed E-state index contributed by atoms with van der Waals surface area (Å²) in [6.07, 6.45) is 0. The van der Waals surface area contributed by atoms with Crippen LogP contribution < -0.4 is 15.9 Å². The first kappa shape index (κ1) is 18.7. The highest BCUT2D eigenvalue weighted by molar-refractivity contribution is 8.00. The smallest absolute Gasteiger partial charge is 0.237 e. The Balaban J connectivity index is 1.74. The van der Waals surface area contributed by atoms with E-state index in [0.717, 1.165) is 11.8 Å². The molecule has 0 fully saturated rings. The van der Waals surface area contributed by atoms with Gasteiger partial charge in [0.15, 0.2) is 5.82 Å². The molecule has 2 aromatic carbocycles. The molecule has 0 radical (unpaired) electrons. The first-order valence-electron chi connectivity index (χ1n) is 8.07. The number of hydrogen-bond donors (Lipinski definition) is 2. The summed E-state index contributed by atoms with van der Waals surface area (Å²) in [5, 5.41) is 10.5. The maximum Gasteiger partial charge on any atom is 0.237 e. The lowest BCUT2D eigenvalue weighted by Gasteiger charge is -2.13. The van der Waals surface area contributed by atoms with E-state index in [1.54, 1.807) is 43.3 Å². The number of thioether (sulfide) groups is 1. The van der Waals surface area contributed by atoms with E-state index in [2.05, 4.69) is 15.5 Å². The highest BCUT2D eigenvalue weighted by Gasteiger charge is 2.21. The highest BCUT2D eigenvalue weighted by Crippen LogP contribution is 2.28. The van der Waals surface area contributed by atoms with Gasteiger partial charge in [0.25, 0.3) is 0 Å². The molecule has 3 rings (SSSR count). The van der Waals surface area contributed by atoms with Crippen molar-refractivity contribution >= 4 is 23.4 Å². The molecule has 0 aliphatic heterocycles. The largest absolute Gasteiger partial charge is 0.495 e. The van der Waals surface area contributed by atoms with Gasteiger partial charge in [0.2, 0.25) is 11.1 Å². The molecule has 0 spiro atoms. The van der Waals surface area contributed by atoms with Gasteiger partial charge in [-0.25, -0.2) is 9.07 Å². The second-order valence-electron chi connectivity index (χ2n) is 5.61. The molecule has 1 heterocycles. The number of carbonyl (C=O) groups is 1. The van der Waals surface area contributed by atoms with Gasteiger partial charge in [0.05, 0.1) is 23.6 Å². The van der Waals surface area contributed by atoms with Crippen LogP contribution in [0.5, 0.6) is 5.75 Å². The molecule has 1 unspecified atom stereocenters. The number of halogens is 1. The number of rotatable bonds is 6. The van der Waals surface area contributed by atoms with Gasteiger partial charge in [-0.2, -0.15) is 0 Å². The van der Waals surface area contributed by atoms with Gasteiger partial charge in [-0.15, -0.1) is 10.2 Å². The number of anilines is 1. The fourth-order valence-corrected chi connectivity index (χ4v) is 3.15. The Kier molecular flexibility index (Phi) is 5.60. The van der Waals surface area contributed by atoms with Crippen LogP contribution >= 0.6 is 11.8 Å². The number of nitrogens with one attached hydrogen (secondary N) is 1. The van der Waals surface area contributed by atoms with Crippen molar-refractivity contribution in [3.8, 4) is 17.1 Å². The summed E-state index contributed by atoms with van der Waals surface area (Å²) < 4.78 is 20.3. The number of ether oxygens (including phenoxy) is 1. The van der Waals surface area contributed by atoms with Crippen molar-refractivity contribution in [3.05, 3.63) is 54.3 Å². The van der Waals surface area contributed by atoms with E-state index in [0.29, 0.717) is 16.6 Å². The molecular formula is C18H18FN5O2S. The zero-order valence-corrected chi connectivity index (χ0v) is 15.5. The second-order valence-corrected chi connectivity index (χ2v) is 6.91. The van der Waals surface area contributed by atoms with Crippen LogP contribution in [0, 0.1) is 5.82 Å². The van der Waals surface area contributed by atoms with Gasteiger partial charge < -0.3 is 15.9 Å². The van der Waals surface area contributed by atoms with Gasteiger partial charge in [-0.1, -0.05) is 36.0 Å². The summed E-state index contributed by atoms with van der Waals surface area (Å²) >= 11 is 1.12. The monoisotopic (exact) mass is 387 g/mol. The molecule has 1 amide bonds. The summed E-state index contributed by atoms with van der Waals surface area (Å²) in [5.41, 5.74) is 0.809. The third-order valence-corrected chi connectivity index (χ3v) is 4.85. The molecule has 1 aromatic heterocycles. The number of nitrogen functional groups attached to an aromatic ring is 1. The van der Waals surface area contributed by atoms with Crippen molar-refractivity contribution in [2.24, 2.45) is 0 Å². The van der Waals surface area contributed by atoms with E-state index >= 15 is 0 Å². The summed E-state index contributed by atoms with van der Waals surface area (Å²) in [4.78, 5) is 12.5. The number of amides is 1. The van der Waals surface area contributed by atoms with Crippen molar-refractivity contribution < 1.29 is 13.9 Å². The first-order valence-corrected chi connectivity index (χ1v) is 8.95. The predicted octanol–water partition coefficient (Wildman–Crippen LogP) is 2.93. The number of aromatic nitrogens is 3. The number of carbonyl (C=O) groups excluding carboxylic acids is 1. The van der Waals surface area contributed by atoms with E-state index in [4.69, 9.17) is 10.6 Å². The number of para-hydroxylation sites is 2. The molecule has 1 atom stereocenters. The topological polar surface area (TPSA) is 95.1 Å². The molecule has 3 aromatic rings. The van der Waals surface area contributed by atoms with Gasteiger partial charge in [-0.05, 0) is 31.2 Å². The molecule has 140 valence electrons. The second kappa shape index (κ2) is 8.09. The van der Waals surface area contributed by atoms with Gasteiger partial charge in [0, 0.05) is 0 Å². The van der Waals surface area contributed by atoms with Crippen LogP contribution in [0.4, 0.5) is 10.1 Å². The van der Waals surface area contributed by atoms with Crippen LogP contribution in [0.2, 0.25) is 0 Å². The van der Waals surface area contributed by atoms with E-state index in [9.17, 15) is 9.18 Å². The molecule has 3 N–H and O–H groups in total. The molecule has 9 heteroatoms. The Labute approximate surface area is 159 Å². The summed E-state index contributed by atoms with van der Waals surface area (Å²) in [6, 6.07) is 13.3. The molecule has 0 saturated carbocycles. The van der Waals surface area contributed by atoms with Crippen molar-refractivity contribution in [3.63, 3.8) is 0 Å². The summed E-state index contributed by atoms with van der Waals surface area (Å²) in [5.74, 6) is 6.05. The maximum atomic E-state index is 13.9. The molecule has 0 bridgehead atoms. The molecular weight excluding hydrogens is 369 g/mol. The van der Waals surface area contributed by atoms with Crippen LogP contribution in [-0.4, -0.2) is 33.1 Å². The zero-order valence-electron chi connectivity index (χ0n) is 14.7. The highest BCUT2D eigenvalue weighted by atomic mass is 32.2. The van der Waals surface area contributed by atoms with Crippen molar-refractivity contribution in [2.75, 3.05) is 18.3 Å². The third-order valence-electron chi connectivity index (χ3n) is 3.80. The fourth-order valence-electron chi connectivity index (χ4n) is 2.38. The minimum absolute atomic E-state index is 0.188. The van der Waals surface area contributed by atoms with Crippen molar-refractivity contribution in [2.45, 2.75) is 17.3 Å². The van der Waals surface area contributed by atoms with Crippen LogP contribution in [0.3, 0.4) is 0 Å². The Hall–Kier alpha value is -3.07. The standard InChI is InChI=1S/C18H18FN5O2S/c1-11(17(25)21-14-9-5-6-10-15(14)26-2)27-18-23-22-16(24(18)20)12-7-3-4-8-13(12)19/h3-11H,20H2,1-2H3,(H,21,25). The summed E-state index contributed by atoms with van der Waals surface area (Å²) in [6.45, 7) is 1.72. The number of hydrogen-bond acceptors (Lipinski definition) is 6. The van der Waals surface area contributed by atoms with Gasteiger partial charge >= 0.3 is 0 Å². The maximum absolute atomic E-state index is 13.9. The van der Waals surface area contributed by atoms with Crippen LogP contribution in [0.15, 0.2) is 53.7 Å². The molecule has 27 heavy (non-hydrogen) atoms. The van der Waals surface area contributed by atoms with E-state index in [1.807, 2.05) is 6.07 Å². The van der Waals surface area contributed by atoms with Crippen molar-refractivity contribution in [1.29, 1.82) is 0 Å². The van der Waals surface area contributed by atoms with Crippen LogP contribution in [0.1, 0.15) is 6.92 Å². The van der Waals surface area contributed by atoms with Gasteiger partial charge in [0.1, 0.15) is 11.6 Å². The van der Waals surface area contributed by atoms with E-state index in [-0.39, 0.29) is 17.3 Å². The van der Waals surface area contributed by atoms with E-state index < -0.39 is 11.1 Å². The van der Waals surface area contributed by atoms with E-state index in [1.165, 1.54) is 17.9 Å². The number of benzene rings is 2. The average Bonchev–Trinajstić information content (AvgIpc) is 3.03. The Morgan fingerprint density at radius 3 is 2.67 bits per heavy atom. The van der Waals surface area contributed by atoms with Gasteiger partial charge in [-0.3, -0.25) is 4.79 Å². The number of nitrogens with two attached hydrogens (primary N) is 1. The van der Waals surface area contributed by atoms with Crippen LogP contribution in [-0.2, 0) is 4.79 Å². The number of nitrogens with zero attached hydrogens (tertiary/aromatic N) is 3. The first-order chi connectivity index (χ1) is 13.0. The predicted molar refractivity (Wildman–Crippen MR) is 103 cm³/mol. The summed E-state index contributed by atoms with van der Waals surface area (Å²) in [7, 11) is 1.53. The molecule has 0 aliphatic rings. The lowest BCUT2D eigenvalue weighted by molar-refractivity contribution is -0.115. The van der Waals surface area contributed by atoms with Crippen molar-refractivity contribution in [1.82, 2.24) is 14.9 Å². The SMILES string of the molecule is COc1ccccc1NC(=O)C(C)Sc1nnc(-c2ccccc2F)n1N. The molecule has 0 aliphatic carbocycles. The molecule has 7 nitrogen and oxygen atoms in total. The Morgan fingerprint density at radius 1 is 1.22 bits per heavy atom. The molecule has 0 saturated heterocycles. The fraction of sp³-hybridized carbons (Fsp3) is 0.167. The zero-order chi connectivity index (χ0) is 19.4. The lowest BCUT2D eigenvalue weighted by atomic mass is 10.2. The average molecular weight is 387 g/mol.